The van der Waals surface area contributed by atoms with Gasteiger partial charge in [-0.25, -0.2) is 0 Å². The van der Waals surface area contributed by atoms with Gasteiger partial charge in [-0.3, -0.25) is 4.99 Å². The molecule has 0 spiro atoms. The largest absolute Gasteiger partial charge is 0.296 e. The van der Waals surface area contributed by atoms with Crippen molar-refractivity contribution in [3.05, 3.63) is 11.1 Å². The van der Waals surface area contributed by atoms with Crippen LogP contribution in [0.2, 0.25) is 0 Å². The molecule has 1 nitrogen and oxygen atoms in total. The monoisotopic (exact) mass is 195 g/mol. The van der Waals surface area contributed by atoms with E-state index in [0.717, 1.165) is 0 Å². The van der Waals surface area contributed by atoms with Crippen LogP contribution in [0, 0.1) is 5.92 Å². The van der Waals surface area contributed by atoms with Crippen LogP contribution in [-0.2, 0) is 0 Å². The molecule has 1 heteroatoms. The van der Waals surface area contributed by atoms with Crippen molar-refractivity contribution in [3.63, 3.8) is 0 Å². The molecule has 0 aliphatic carbocycles. The van der Waals surface area contributed by atoms with E-state index in [4.69, 9.17) is 0 Å². The number of hydrogen-bond donors (Lipinski definition) is 0. The molecule has 0 N–H and O–H groups in total. The van der Waals surface area contributed by atoms with Crippen molar-refractivity contribution in [3.8, 4) is 0 Å². The van der Waals surface area contributed by atoms with E-state index < -0.39 is 0 Å². The van der Waals surface area contributed by atoms with E-state index >= 15 is 0 Å². The molecule has 0 amide bonds. The first kappa shape index (κ1) is 13.4. The smallest absolute Gasteiger partial charge is 0.0277 e. The Bertz CT molecular complexity index is 199. The standard InChI is InChI=1S/C13H25N/c1-6-7-8-9-12(4)13(10-14-5)11(2)3/h10-11H,6-9H2,1-5H3/b13-12-,14-10-. The van der Waals surface area contributed by atoms with Crippen LogP contribution in [0.5, 0.6) is 0 Å². The quantitative estimate of drug-likeness (QED) is 0.444. The van der Waals surface area contributed by atoms with Gasteiger partial charge >= 0.3 is 0 Å². The minimum Gasteiger partial charge on any atom is -0.296 e. The first-order chi connectivity index (χ1) is 6.63. The molecule has 0 fully saturated rings. The lowest BCUT2D eigenvalue weighted by Crippen LogP contribution is -1.99. The SMILES string of the molecule is CCCCC/C(C)=C(/C=N\C)C(C)C. The van der Waals surface area contributed by atoms with E-state index in [9.17, 15) is 0 Å². The summed E-state index contributed by atoms with van der Waals surface area (Å²) < 4.78 is 0. The Morgan fingerprint density at radius 3 is 2.36 bits per heavy atom. The zero-order chi connectivity index (χ0) is 11.0. The highest BCUT2D eigenvalue weighted by molar-refractivity contribution is 5.79. The molecule has 0 aromatic heterocycles. The van der Waals surface area contributed by atoms with E-state index in [2.05, 4.69) is 32.7 Å². The molecule has 0 rings (SSSR count). The summed E-state index contributed by atoms with van der Waals surface area (Å²) in [6, 6.07) is 0. The summed E-state index contributed by atoms with van der Waals surface area (Å²) >= 11 is 0. The second-order valence-electron chi connectivity index (χ2n) is 4.23. The number of allylic oxidation sites excluding steroid dienone is 2. The minimum atomic E-state index is 0.598. The van der Waals surface area contributed by atoms with Crippen LogP contribution in [0.3, 0.4) is 0 Å². The zero-order valence-electron chi connectivity index (χ0n) is 10.4. The van der Waals surface area contributed by atoms with Gasteiger partial charge in [0.2, 0.25) is 0 Å². The maximum absolute atomic E-state index is 4.12. The molecule has 14 heavy (non-hydrogen) atoms. The van der Waals surface area contributed by atoms with Gasteiger partial charge in [0.05, 0.1) is 0 Å². The molecule has 0 atom stereocenters. The second-order valence-corrected chi connectivity index (χ2v) is 4.23. The summed E-state index contributed by atoms with van der Waals surface area (Å²) in [6.07, 6.45) is 7.20. The molecule has 0 radical (unpaired) electrons. The Hall–Kier alpha value is -0.590. The Kier molecular flexibility index (Phi) is 7.45. The Balaban J connectivity index is 4.32. The Labute approximate surface area is 89.3 Å². The first-order valence-corrected chi connectivity index (χ1v) is 5.75. The van der Waals surface area contributed by atoms with E-state index in [1.807, 2.05) is 13.3 Å². The molecular formula is C13H25N. The fourth-order valence-electron chi connectivity index (χ4n) is 1.68. The summed E-state index contributed by atoms with van der Waals surface area (Å²) in [7, 11) is 1.85. The van der Waals surface area contributed by atoms with Crippen LogP contribution in [0.15, 0.2) is 16.1 Å². The van der Waals surface area contributed by atoms with Gasteiger partial charge in [0.25, 0.3) is 0 Å². The van der Waals surface area contributed by atoms with Gasteiger partial charge in [0, 0.05) is 13.3 Å². The van der Waals surface area contributed by atoms with Gasteiger partial charge < -0.3 is 0 Å². The van der Waals surface area contributed by atoms with Crippen LogP contribution in [0.1, 0.15) is 53.4 Å². The lowest BCUT2D eigenvalue weighted by atomic mass is 9.95. The molecule has 0 saturated carbocycles. The summed E-state index contributed by atoms with van der Waals surface area (Å²) in [5, 5.41) is 0. The number of aliphatic imine (C=N–C) groups is 1. The normalized spacial score (nSPS) is 13.9. The lowest BCUT2D eigenvalue weighted by molar-refractivity contribution is 0.699. The van der Waals surface area contributed by atoms with E-state index in [-0.39, 0.29) is 0 Å². The molecule has 0 unspecified atom stereocenters. The summed E-state index contributed by atoms with van der Waals surface area (Å²) in [5.74, 6) is 0.598. The first-order valence-electron chi connectivity index (χ1n) is 5.75. The number of unbranched alkanes of at least 4 members (excludes halogenated alkanes) is 2. The Morgan fingerprint density at radius 1 is 1.29 bits per heavy atom. The van der Waals surface area contributed by atoms with Crippen molar-refractivity contribution in [2.45, 2.75) is 53.4 Å². The molecule has 0 aliphatic rings. The van der Waals surface area contributed by atoms with Crippen molar-refractivity contribution in [2.75, 3.05) is 7.05 Å². The topological polar surface area (TPSA) is 12.4 Å². The summed E-state index contributed by atoms with van der Waals surface area (Å²) in [4.78, 5) is 4.12. The lowest BCUT2D eigenvalue weighted by Gasteiger charge is -2.11. The number of hydrogen-bond acceptors (Lipinski definition) is 1. The fourth-order valence-corrected chi connectivity index (χ4v) is 1.68. The molecule has 0 heterocycles. The third-order valence-corrected chi connectivity index (χ3v) is 2.54. The third kappa shape index (κ3) is 5.21. The van der Waals surface area contributed by atoms with E-state index in [1.54, 1.807) is 0 Å². The minimum absolute atomic E-state index is 0.598. The summed E-state index contributed by atoms with van der Waals surface area (Å²) in [5.41, 5.74) is 2.93. The average molecular weight is 195 g/mol. The van der Waals surface area contributed by atoms with Crippen molar-refractivity contribution in [1.29, 1.82) is 0 Å². The molecule has 82 valence electrons. The predicted molar refractivity (Wildman–Crippen MR) is 66.1 cm³/mol. The molecule has 0 bridgehead atoms. The van der Waals surface area contributed by atoms with Gasteiger partial charge in [-0.2, -0.15) is 0 Å². The summed E-state index contributed by atoms with van der Waals surface area (Å²) in [6.45, 7) is 8.96. The number of nitrogens with zero attached hydrogens (tertiary/aromatic N) is 1. The van der Waals surface area contributed by atoms with Crippen LogP contribution in [-0.4, -0.2) is 13.3 Å². The molecule has 0 saturated heterocycles. The van der Waals surface area contributed by atoms with Gasteiger partial charge in [-0.05, 0) is 31.3 Å². The van der Waals surface area contributed by atoms with E-state index in [1.165, 1.54) is 36.8 Å². The molecular weight excluding hydrogens is 170 g/mol. The van der Waals surface area contributed by atoms with Crippen LogP contribution in [0.4, 0.5) is 0 Å². The van der Waals surface area contributed by atoms with Crippen molar-refractivity contribution < 1.29 is 0 Å². The van der Waals surface area contributed by atoms with Crippen LogP contribution < -0.4 is 0 Å². The van der Waals surface area contributed by atoms with Crippen LogP contribution in [0.25, 0.3) is 0 Å². The maximum atomic E-state index is 4.12. The van der Waals surface area contributed by atoms with Crippen molar-refractivity contribution in [2.24, 2.45) is 10.9 Å². The fraction of sp³-hybridized carbons (Fsp3) is 0.769. The predicted octanol–water partition coefficient (Wildman–Crippen LogP) is 4.24. The van der Waals surface area contributed by atoms with Gasteiger partial charge in [-0.15, -0.1) is 0 Å². The van der Waals surface area contributed by atoms with Gasteiger partial charge in [-0.1, -0.05) is 39.2 Å². The van der Waals surface area contributed by atoms with Crippen molar-refractivity contribution >= 4 is 6.21 Å². The number of rotatable bonds is 6. The molecule has 0 aromatic carbocycles. The second kappa shape index (κ2) is 7.78. The highest BCUT2D eigenvalue weighted by Gasteiger charge is 2.04. The van der Waals surface area contributed by atoms with E-state index in [0.29, 0.717) is 5.92 Å². The Morgan fingerprint density at radius 2 is 1.93 bits per heavy atom. The molecule has 0 aromatic rings. The highest BCUT2D eigenvalue weighted by atomic mass is 14.6. The van der Waals surface area contributed by atoms with Crippen LogP contribution >= 0.6 is 0 Å². The molecule has 0 aliphatic heterocycles. The van der Waals surface area contributed by atoms with Crippen molar-refractivity contribution in [1.82, 2.24) is 0 Å². The zero-order valence-corrected chi connectivity index (χ0v) is 10.4. The maximum Gasteiger partial charge on any atom is 0.0277 e. The highest BCUT2D eigenvalue weighted by Crippen LogP contribution is 2.18. The average Bonchev–Trinajstić information content (AvgIpc) is 2.13. The van der Waals surface area contributed by atoms with Gasteiger partial charge in [0.1, 0.15) is 0 Å². The third-order valence-electron chi connectivity index (χ3n) is 2.54. The van der Waals surface area contributed by atoms with Gasteiger partial charge in [0.15, 0.2) is 0 Å².